The third-order valence-electron chi connectivity index (χ3n) is 2.23. The molecule has 0 atom stereocenters. The molecule has 0 spiro atoms. The fourth-order valence-corrected chi connectivity index (χ4v) is 2.19. The van der Waals surface area contributed by atoms with Crippen LogP contribution in [-0.2, 0) is 0 Å². The molecule has 2 aromatic heterocycles. The van der Waals surface area contributed by atoms with Crippen molar-refractivity contribution in [3.63, 3.8) is 0 Å². The first-order valence-electron chi connectivity index (χ1n) is 5.02. The fourth-order valence-electron chi connectivity index (χ4n) is 1.47. The van der Waals surface area contributed by atoms with E-state index in [0.29, 0.717) is 10.8 Å². The quantitative estimate of drug-likeness (QED) is 0.720. The molecule has 0 radical (unpaired) electrons. The summed E-state index contributed by atoms with van der Waals surface area (Å²) < 4.78 is 0. The SMILES string of the molecule is Nc1nc2ccccc2nc1Sc1ncc[nH]1. The van der Waals surface area contributed by atoms with Gasteiger partial charge in [-0.25, -0.2) is 15.0 Å². The Labute approximate surface area is 102 Å². The van der Waals surface area contributed by atoms with E-state index >= 15 is 0 Å². The Kier molecular flexibility index (Phi) is 2.41. The largest absolute Gasteiger partial charge is 0.381 e. The number of nitrogens with zero attached hydrogens (tertiary/aromatic N) is 3. The molecule has 0 amide bonds. The van der Waals surface area contributed by atoms with Crippen LogP contribution in [-0.4, -0.2) is 19.9 Å². The van der Waals surface area contributed by atoms with Gasteiger partial charge in [-0.15, -0.1) is 0 Å². The molecule has 0 aliphatic carbocycles. The Morgan fingerprint density at radius 2 is 1.88 bits per heavy atom. The van der Waals surface area contributed by atoms with Crippen LogP contribution < -0.4 is 5.73 Å². The number of nitrogens with one attached hydrogen (secondary N) is 1. The Morgan fingerprint density at radius 3 is 2.59 bits per heavy atom. The second kappa shape index (κ2) is 4.06. The molecule has 0 fully saturated rings. The topological polar surface area (TPSA) is 80.5 Å². The molecule has 2 heterocycles. The maximum atomic E-state index is 5.87. The summed E-state index contributed by atoms with van der Waals surface area (Å²) in [6.45, 7) is 0. The predicted octanol–water partition coefficient (Wildman–Crippen LogP) is 2.09. The van der Waals surface area contributed by atoms with Gasteiger partial charge in [-0.3, -0.25) is 0 Å². The van der Waals surface area contributed by atoms with Crippen LogP contribution in [0.25, 0.3) is 11.0 Å². The van der Waals surface area contributed by atoms with Crippen molar-refractivity contribution in [2.24, 2.45) is 0 Å². The number of nitrogens with two attached hydrogens (primary N) is 1. The number of aromatic amines is 1. The molecule has 3 N–H and O–H groups in total. The van der Waals surface area contributed by atoms with Gasteiger partial charge < -0.3 is 10.7 Å². The van der Waals surface area contributed by atoms with E-state index in [1.54, 1.807) is 12.4 Å². The molecule has 0 bridgehead atoms. The molecule has 5 nitrogen and oxygen atoms in total. The van der Waals surface area contributed by atoms with E-state index in [2.05, 4.69) is 19.9 Å². The van der Waals surface area contributed by atoms with Crippen molar-refractivity contribution in [1.82, 2.24) is 19.9 Å². The average Bonchev–Trinajstić information content (AvgIpc) is 2.83. The van der Waals surface area contributed by atoms with E-state index in [1.807, 2.05) is 24.3 Å². The summed E-state index contributed by atoms with van der Waals surface area (Å²) in [6.07, 6.45) is 3.44. The number of hydrogen-bond donors (Lipinski definition) is 2. The maximum Gasteiger partial charge on any atom is 0.171 e. The zero-order valence-electron chi connectivity index (χ0n) is 8.79. The highest BCUT2D eigenvalue weighted by molar-refractivity contribution is 7.99. The van der Waals surface area contributed by atoms with E-state index in [4.69, 9.17) is 5.73 Å². The second-order valence-electron chi connectivity index (χ2n) is 3.40. The Bertz CT molecular complexity index is 650. The van der Waals surface area contributed by atoms with E-state index in [1.165, 1.54) is 11.8 Å². The highest BCUT2D eigenvalue weighted by Gasteiger charge is 2.08. The molecular weight excluding hydrogens is 234 g/mol. The van der Waals surface area contributed by atoms with Crippen molar-refractivity contribution < 1.29 is 0 Å². The Hall–Kier alpha value is -2.08. The summed E-state index contributed by atoms with van der Waals surface area (Å²) in [7, 11) is 0. The third-order valence-corrected chi connectivity index (χ3v) is 3.14. The molecule has 0 saturated carbocycles. The Balaban J connectivity index is 2.07. The van der Waals surface area contributed by atoms with E-state index < -0.39 is 0 Å². The van der Waals surface area contributed by atoms with Crippen LogP contribution in [0.2, 0.25) is 0 Å². The number of aromatic nitrogens is 4. The van der Waals surface area contributed by atoms with Gasteiger partial charge in [0.25, 0.3) is 0 Å². The van der Waals surface area contributed by atoms with E-state index in [9.17, 15) is 0 Å². The second-order valence-corrected chi connectivity index (χ2v) is 4.38. The summed E-state index contributed by atoms with van der Waals surface area (Å²) in [4.78, 5) is 15.9. The predicted molar refractivity (Wildman–Crippen MR) is 66.7 cm³/mol. The average molecular weight is 243 g/mol. The molecule has 3 rings (SSSR count). The number of hydrogen-bond acceptors (Lipinski definition) is 5. The number of imidazole rings is 1. The summed E-state index contributed by atoms with van der Waals surface area (Å²) in [5.41, 5.74) is 7.50. The maximum absolute atomic E-state index is 5.87. The number of fused-ring (bicyclic) bond motifs is 1. The number of anilines is 1. The third kappa shape index (κ3) is 1.94. The molecular formula is C11H9N5S. The van der Waals surface area contributed by atoms with Gasteiger partial charge in [0.05, 0.1) is 11.0 Å². The molecule has 6 heteroatoms. The number of nitrogen functional groups attached to an aromatic ring is 1. The Morgan fingerprint density at radius 1 is 1.12 bits per heavy atom. The molecule has 0 aliphatic rings. The van der Waals surface area contributed by atoms with Gasteiger partial charge in [0, 0.05) is 12.4 Å². The van der Waals surface area contributed by atoms with Crippen LogP contribution >= 0.6 is 11.8 Å². The monoisotopic (exact) mass is 243 g/mol. The first kappa shape index (κ1) is 10.1. The number of para-hydroxylation sites is 2. The summed E-state index contributed by atoms with van der Waals surface area (Å²) in [5.74, 6) is 0.421. The standard InChI is InChI=1S/C11H9N5S/c12-9-10(17-11-13-5-6-14-11)16-8-4-2-1-3-7(8)15-9/h1-6H,(H2,12,15)(H,13,14). The normalized spacial score (nSPS) is 10.8. The summed E-state index contributed by atoms with van der Waals surface area (Å²) in [5, 5.41) is 1.42. The van der Waals surface area contributed by atoms with Gasteiger partial charge in [-0.05, 0) is 23.9 Å². The smallest absolute Gasteiger partial charge is 0.171 e. The van der Waals surface area contributed by atoms with E-state index in [0.717, 1.165) is 16.2 Å². The minimum absolute atomic E-state index is 0.421. The van der Waals surface area contributed by atoms with E-state index in [-0.39, 0.29) is 0 Å². The molecule has 0 aliphatic heterocycles. The number of rotatable bonds is 2. The van der Waals surface area contributed by atoms with Crippen LogP contribution in [0.15, 0.2) is 46.8 Å². The molecule has 0 saturated heterocycles. The van der Waals surface area contributed by atoms with Crippen LogP contribution in [0, 0.1) is 0 Å². The molecule has 17 heavy (non-hydrogen) atoms. The van der Waals surface area contributed by atoms with Gasteiger partial charge in [0.2, 0.25) is 0 Å². The zero-order chi connectivity index (χ0) is 11.7. The lowest BCUT2D eigenvalue weighted by Crippen LogP contribution is -1.97. The van der Waals surface area contributed by atoms with Gasteiger partial charge in [0.1, 0.15) is 5.03 Å². The van der Waals surface area contributed by atoms with Crippen molar-refractivity contribution in [1.29, 1.82) is 0 Å². The first-order valence-corrected chi connectivity index (χ1v) is 5.84. The molecule has 0 unspecified atom stereocenters. The lowest BCUT2D eigenvalue weighted by atomic mass is 10.3. The van der Waals surface area contributed by atoms with Gasteiger partial charge in [-0.2, -0.15) is 0 Å². The minimum atomic E-state index is 0.421. The number of H-pyrrole nitrogens is 1. The highest BCUT2D eigenvalue weighted by Crippen LogP contribution is 2.28. The molecule has 84 valence electrons. The summed E-state index contributed by atoms with van der Waals surface area (Å²) in [6, 6.07) is 7.64. The molecule has 1 aromatic carbocycles. The molecule has 3 aromatic rings. The minimum Gasteiger partial charge on any atom is -0.381 e. The van der Waals surface area contributed by atoms with Crippen LogP contribution in [0.1, 0.15) is 0 Å². The highest BCUT2D eigenvalue weighted by atomic mass is 32.2. The van der Waals surface area contributed by atoms with Crippen molar-refractivity contribution in [3.8, 4) is 0 Å². The lowest BCUT2D eigenvalue weighted by molar-refractivity contribution is 1.04. The van der Waals surface area contributed by atoms with Gasteiger partial charge in [0.15, 0.2) is 11.0 Å². The lowest BCUT2D eigenvalue weighted by Gasteiger charge is -2.03. The first-order chi connectivity index (χ1) is 8.33. The van der Waals surface area contributed by atoms with Crippen molar-refractivity contribution in [3.05, 3.63) is 36.7 Å². The summed E-state index contributed by atoms with van der Waals surface area (Å²) >= 11 is 1.37. The van der Waals surface area contributed by atoms with Crippen LogP contribution in [0.4, 0.5) is 5.82 Å². The van der Waals surface area contributed by atoms with Crippen LogP contribution in [0.3, 0.4) is 0 Å². The zero-order valence-corrected chi connectivity index (χ0v) is 9.61. The van der Waals surface area contributed by atoms with Crippen LogP contribution in [0.5, 0.6) is 0 Å². The number of benzene rings is 1. The van der Waals surface area contributed by atoms with Crippen molar-refractivity contribution in [2.75, 3.05) is 5.73 Å². The van der Waals surface area contributed by atoms with Gasteiger partial charge in [-0.1, -0.05) is 12.1 Å². The van der Waals surface area contributed by atoms with Crippen molar-refractivity contribution in [2.45, 2.75) is 10.2 Å². The van der Waals surface area contributed by atoms with Crippen molar-refractivity contribution >= 4 is 28.6 Å². The van der Waals surface area contributed by atoms with Gasteiger partial charge >= 0.3 is 0 Å². The fraction of sp³-hybridized carbons (Fsp3) is 0.